The van der Waals surface area contributed by atoms with E-state index in [0.29, 0.717) is 0 Å². The summed E-state index contributed by atoms with van der Waals surface area (Å²) in [4.78, 5) is 6.99. The molecular formula is C16H20N2O. The lowest BCUT2D eigenvalue weighted by molar-refractivity contribution is 0.292. The molecule has 0 aliphatic carbocycles. The molecule has 0 amide bonds. The predicted molar refractivity (Wildman–Crippen MR) is 77.6 cm³/mol. The zero-order valence-corrected chi connectivity index (χ0v) is 11.4. The third kappa shape index (κ3) is 3.24. The molecule has 1 aromatic carbocycles. The summed E-state index contributed by atoms with van der Waals surface area (Å²) in [5.74, 6) is 0.753. The second kappa shape index (κ2) is 5.57. The van der Waals surface area contributed by atoms with E-state index in [4.69, 9.17) is 4.74 Å². The quantitative estimate of drug-likeness (QED) is 0.587. The second-order valence-electron chi connectivity index (χ2n) is 5.19. The first kappa shape index (κ1) is 12.4. The molecule has 3 nitrogen and oxygen atoms in total. The molecular weight excluding hydrogens is 236 g/mol. The zero-order valence-electron chi connectivity index (χ0n) is 11.4. The third-order valence-corrected chi connectivity index (χ3v) is 3.56. The summed E-state index contributed by atoms with van der Waals surface area (Å²) in [6.07, 6.45) is 2.32. The molecule has 1 aromatic heterocycles. The van der Waals surface area contributed by atoms with Crippen molar-refractivity contribution in [2.75, 3.05) is 26.2 Å². The van der Waals surface area contributed by atoms with Crippen LogP contribution in [0.15, 0.2) is 30.3 Å². The van der Waals surface area contributed by atoms with Gasteiger partial charge < -0.3 is 9.64 Å². The van der Waals surface area contributed by atoms with Crippen molar-refractivity contribution in [2.24, 2.45) is 0 Å². The third-order valence-electron chi connectivity index (χ3n) is 3.56. The Morgan fingerprint density at radius 3 is 2.89 bits per heavy atom. The fraction of sp³-hybridized carbons (Fsp3) is 0.438. The maximum absolute atomic E-state index is 5.77. The van der Waals surface area contributed by atoms with Gasteiger partial charge in [-0.15, -0.1) is 0 Å². The number of para-hydroxylation sites is 1. The molecule has 19 heavy (non-hydrogen) atoms. The highest BCUT2D eigenvalue weighted by molar-refractivity contribution is 5.82. The number of aryl methyl sites for hydroxylation is 1. The van der Waals surface area contributed by atoms with Crippen LogP contribution in [-0.4, -0.2) is 36.1 Å². The van der Waals surface area contributed by atoms with Crippen LogP contribution in [0, 0.1) is 6.92 Å². The fourth-order valence-corrected chi connectivity index (χ4v) is 2.30. The summed E-state index contributed by atoms with van der Waals surface area (Å²) in [5, 5.41) is 1.20. The normalized spacial score (nSPS) is 14.8. The Kier molecular flexibility index (Phi) is 3.65. The van der Waals surface area contributed by atoms with Gasteiger partial charge in [-0.2, -0.15) is 0 Å². The number of hydrogen-bond donors (Lipinski definition) is 0. The van der Waals surface area contributed by atoms with Crippen molar-refractivity contribution < 1.29 is 4.74 Å². The van der Waals surface area contributed by atoms with Crippen molar-refractivity contribution in [2.45, 2.75) is 19.8 Å². The highest BCUT2D eigenvalue weighted by Crippen LogP contribution is 2.21. The minimum absolute atomic E-state index is 0.753. The number of rotatable bonds is 6. The molecule has 2 heterocycles. The van der Waals surface area contributed by atoms with Gasteiger partial charge in [0.1, 0.15) is 0 Å². The molecule has 2 aromatic rings. The summed E-state index contributed by atoms with van der Waals surface area (Å²) in [6.45, 7) is 6.65. The van der Waals surface area contributed by atoms with Crippen LogP contribution in [0.1, 0.15) is 18.4 Å². The first-order chi connectivity index (χ1) is 9.33. The lowest BCUT2D eigenvalue weighted by atomic mass is 10.1. The summed E-state index contributed by atoms with van der Waals surface area (Å²) in [7, 11) is 0. The molecule has 0 radical (unpaired) electrons. The smallest absolute Gasteiger partial charge is 0.214 e. The minimum atomic E-state index is 0.753. The van der Waals surface area contributed by atoms with Crippen molar-refractivity contribution in [3.8, 4) is 5.88 Å². The van der Waals surface area contributed by atoms with Crippen LogP contribution in [0.2, 0.25) is 0 Å². The van der Waals surface area contributed by atoms with E-state index in [2.05, 4.69) is 22.9 Å². The van der Waals surface area contributed by atoms with E-state index in [1.54, 1.807) is 0 Å². The van der Waals surface area contributed by atoms with Crippen LogP contribution < -0.4 is 4.74 Å². The SMILES string of the molecule is Cc1cc(OCCCCN2CC2)nc2ccccc12. The van der Waals surface area contributed by atoms with E-state index in [0.717, 1.165) is 24.4 Å². The molecule has 0 atom stereocenters. The highest BCUT2D eigenvalue weighted by atomic mass is 16.5. The Labute approximate surface area is 114 Å². The van der Waals surface area contributed by atoms with E-state index >= 15 is 0 Å². The van der Waals surface area contributed by atoms with Crippen LogP contribution in [0.4, 0.5) is 0 Å². The molecule has 100 valence electrons. The van der Waals surface area contributed by atoms with Gasteiger partial charge >= 0.3 is 0 Å². The average Bonchev–Trinajstić information content (AvgIpc) is 3.23. The number of ether oxygens (including phenoxy) is 1. The molecule has 1 aliphatic heterocycles. The standard InChI is InChI=1S/C16H20N2O/c1-13-12-16(17-15-7-3-2-6-14(13)15)19-11-5-4-8-18-9-10-18/h2-3,6-7,12H,4-5,8-11H2,1H3. The zero-order chi connectivity index (χ0) is 13.1. The van der Waals surface area contributed by atoms with Crippen molar-refractivity contribution in [1.82, 2.24) is 9.88 Å². The molecule has 3 rings (SSSR count). The van der Waals surface area contributed by atoms with Gasteiger partial charge in [0.25, 0.3) is 0 Å². The minimum Gasteiger partial charge on any atom is -0.478 e. The van der Waals surface area contributed by atoms with Crippen molar-refractivity contribution >= 4 is 10.9 Å². The number of pyridine rings is 1. The maximum Gasteiger partial charge on any atom is 0.214 e. The van der Waals surface area contributed by atoms with Crippen molar-refractivity contribution in [3.63, 3.8) is 0 Å². The molecule has 1 saturated heterocycles. The molecule has 0 spiro atoms. The van der Waals surface area contributed by atoms with Gasteiger partial charge in [-0.3, -0.25) is 0 Å². The van der Waals surface area contributed by atoms with E-state index in [1.165, 1.54) is 37.0 Å². The van der Waals surface area contributed by atoms with Gasteiger partial charge in [-0.1, -0.05) is 18.2 Å². The van der Waals surface area contributed by atoms with Crippen molar-refractivity contribution in [1.29, 1.82) is 0 Å². The molecule has 0 saturated carbocycles. The molecule has 1 aliphatic rings. The number of nitrogens with zero attached hydrogens (tertiary/aromatic N) is 2. The van der Waals surface area contributed by atoms with Gasteiger partial charge in [-0.05, 0) is 37.9 Å². The van der Waals surface area contributed by atoms with E-state index in [9.17, 15) is 0 Å². The van der Waals surface area contributed by atoms with Gasteiger partial charge in [0.05, 0.1) is 12.1 Å². The van der Waals surface area contributed by atoms with Crippen LogP contribution >= 0.6 is 0 Å². The number of fused-ring (bicyclic) bond motifs is 1. The predicted octanol–water partition coefficient (Wildman–Crippen LogP) is 3.02. The Morgan fingerprint density at radius 2 is 2.05 bits per heavy atom. The van der Waals surface area contributed by atoms with E-state index < -0.39 is 0 Å². The summed E-state index contributed by atoms with van der Waals surface area (Å²) in [5.41, 5.74) is 2.24. The number of benzene rings is 1. The number of aromatic nitrogens is 1. The maximum atomic E-state index is 5.77. The molecule has 1 fully saturated rings. The largest absolute Gasteiger partial charge is 0.478 e. The topological polar surface area (TPSA) is 25.1 Å². The Balaban J connectivity index is 1.57. The first-order valence-corrected chi connectivity index (χ1v) is 7.04. The molecule has 0 N–H and O–H groups in total. The van der Waals surface area contributed by atoms with Crippen LogP contribution in [0.5, 0.6) is 5.88 Å². The van der Waals surface area contributed by atoms with Crippen LogP contribution in [0.3, 0.4) is 0 Å². The van der Waals surface area contributed by atoms with Crippen LogP contribution in [0.25, 0.3) is 10.9 Å². The Hall–Kier alpha value is -1.61. The second-order valence-corrected chi connectivity index (χ2v) is 5.19. The fourth-order valence-electron chi connectivity index (χ4n) is 2.30. The van der Waals surface area contributed by atoms with E-state index in [-0.39, 0.29) is 0 Å². The summed E-state index contributed by atoms with van der Waals surface area (Å²) in [6, 6.07) is 10.2. The lowest BCUT2D eigenvalue weighted by Crippen LogP contribution is -2.04. The molecule has 0 bridgehead atoms. The highest BCUT2D eigenvalue weighted by Gasteiger charge is 2.15. The first-order valence-electron chi connectivity index (χ1n) is 7.04. The Morgan fingerprint density at radius 1 is 1.21 bits per heavy atom. The number of unbranched alkanes of at least 4 members (excludes halogenated alkanes) is 1. The molecule has 3 heteroatoms. The van der Waals surface area contributed by atoms with Crippen LogP contribution in [-0.2, 0) is 0 Å². The number of hydrogen-bond acceptors (Lipinski definition) is 3. The summed E-state index contributed by atoms with van der Waals surface area (Å²) >= 11 is 0. The van der Waals surface area contributed by atoms with Crippen molar-refractivity contribution in [3.05, 3.63) is 35.9 Å². The average molecular weight is 256 g/mol. The summed E-state index contributed by atoms with van der Waals surface area (Å²) < 4.78 is 5.77. The van der Waals surface area contributed by atoms with Gasteiger partial charge in [-0.25, -0.2) is 4.98 Å². The van der Waals surface area contributed by atoms with Gasteiger partial charge in [0.15, 0.2) is 0 Å². The van der Waals surface area contributed by atoms with E-state index in [1.807, 2.05) is 24.3 Å². The lowest BCUT2D eigenvalue weighted by Gasteiger charge is -2.08. The Bertz CT molecular complexity index is 564. The van der Waals surface area contributed by atoms with Gasteiger partial charge in [0.2, 0.25) is 5.88 Å². The van der Waals surface area contributed by atoms with Gasteiger partial charge in [0, 0.05) is 24.5 Å². The monoisotopic (exact) mass is 256 g/mol. The molecule has 0 unspecified atom stereocenters.